The highest BCUT2D eigenvalue weighted by Crippen LogP contribution is 2.17. The fourth-order valence-corrected chi connectivity index (χ4v) is 1.92. The molecule has 1 aromatic carbocycles. The largest absolute Gasteiger partial charge is 0.479 e. The minimum atomic E-state index is 0.0684. The molecule has 1 heterocycles. The third kappa shape index (κ3) is 3.87. The summed E-state index contributed by atoms with van der Waals surface area (Å²) in [5, 5.41) is 11.9. The lowest BCUT2D eigenvalue weighted by atomic mass is 10.2. The van der Waals surface area contributed by atoms with E-state index in [4.69, 9.17) is 14.4 Å². The first kappa shape index (κ1) is 14.2. The molecule has 0 radical (unpaired) electrons. The molecule has 1 N–H and O–H groups in total. The van der Waals surface area contributed by atoms with Crippen LogP contribution in [0.2, 0.25) is 0 Å². The first-order valence-corrected chi connectivity index (χ1v) is 6.57. The van der Waals surface area contributed by atoms with E-state index >= 15 is 0 Å². The van der Waals surface area contributed by atoms with Crippen molar-refractivity contribution in [3.63, 3.8) is 0 Å². The lowest BCUT2D eigenvalue weighted by Crippen LogP contribution is -2.17. The molecule has 0 amide bonds. The predicted molar refractivity (Wildman–Crippen MR) is 76.2 cm³/mol. The molecule has 0 saturated carbocycles. The highest BCUT2D eigenvalue weighted by molar-refractivity contribution is 5.28. The molecule has 0 fully saturated rings. The zero-order valence-corrected chi connectivity index (χ0v) is 11.7. The number of aryl methyl sites for hydroxylation is 1. The lowest BCUT2D eigenvalue weighted by molar-refractivity contribution is 0.367. The van der Waals surface area contributed by atoms with Crippen LogP contribution in [0.3, 0.4) is 0 Å². The molecule has 1 unspecified atom stereocenters. The number of nitrogens with zero attached hydrogens (tertiary/aromatic N) is 1. The molecule has 0 aliphatic rings. The van der Waals surface area contributed by atoms with Crippen LogP contribution < -0.4 is 10.1 Å². The minimum absolute atomic E-state index is 0.0684. The Morgan fingerprint density at radius 2 is 2.20 bits per heavy atom. The van der Waals surface area contributed by atoms with Crippen molar-refractivity contribution in [3.8, 4) is 11.8 Å². The van der Waals surface area contributed by atoms with Crippen LogP contribution in [-0.2, 0) is 6.54 Å². The molecule has 0 saturated heterocycles. The second kappa shape index (κ2) is 6.78. The summed E-state index contributed by atoms with van der Waals surface area (Å²) in [4.78, 5) is 0. The third-order valence-electron chi connectivity index (χ3n) is 3.00. The van der Waals surface area contributed by atoms with Crippen LogP contribution in [0.25, 0.3) is 0 Å². The third-order valence-corrected chi connectivity index (χ3v) is 3.00. The van der Waals surface area contributed by atoms with E-state index in [1.807, 2.05) is 49.4 Å². The summed E-state index contributed by atoms with van der Waals surface area (Å²) in [6, 6.07) is 13.8. The number of nitrogens with one attached hydrogen (secondary N) is 1. The quantitative estimate of drug-likeness (QED) is 0.874. The molecule has 0 aliphatic heterocycles. The summed E-state index contributed by atoms with van der Waals surface area (Å²) in [6.07, 6.45) is 0. The van der Waals surface area contributed by atoms with Crippen molar-refractivity contribution in [2.24, 2.45) is 0 Å². The lowest BCUT2D eigenvalue weighted by Gasteiger charge is -2.12. The normalized spacial score (nSPS) is 11.8. The van der Waals surface area contributed by atoms with Gasteiger partial charge in [0.2, 0.25) is 0 Å². The van der Waals surface area contributed by atoms with Gasteiger partial charge in [0.05, 0.1) is 6.04 Å². The number of hydrogen-bond donors (Lipinski definition) is 1. The van der Waals surface area contributed by atoms with E-state index in [1.165, 1.54) is 0 Å². The molecule has 4 heteroatoms. The highest BCUT2D eigenvalue weighted by Gasteiger charge is 2.08. The Labute approximate surface area is 119 Å². The maximum absolute atomic E-state index is 8.50. The monoisotopic (exact) mass is 270 g/mol. The topological polar surface area (TPSA) is 58.2 Å². The standard InChI is InChI=1S/C16H18N2O2/c1-12-6-7-16(20-12)13(2)18-11-14-4-3-5-15(10-14)19-9-8-17/h3-7,10,13,18H,9,11H2,1-2H3. The molecular weight excluding hydrogens is 252 g/mol. The molecule has 1 aromatic heterocycles. The first-order chi connectivity index (χ1) is 9.69. The Morgan fingerprint density at radius 1 is 1.35 bits per heavy atom. The van der Waals surface area contributed by atoms with Crippen LogP contribution in [0.1, 0.15) is 30.0 Å². The number of nitriles is 1. The van der Waals surface area contributed by atoms with Gasteiger partial charge in [0.25, 0.3) is 0 Å². The maximum Gasteiger partial charge on any atom is 0.174 e. The van der Waals surface area contributed by atoms with Gasteiger partial charge in [-0.3, -0.25) is 0 Å². The Kier molecular flexibility index (Phi) is 4.80. The van der Waals surface area contributed by atoms with Crippen LogP contribution in [0.15, 0.2) is 40.8 Å². The van der Waals surface area contributed by atoms with Gasteiger partial charge in [-0.15, -0.1) is 0 Å². The smallest absolute Gasteiger partial charge is 0.174 e. The van der Waals surface area contributed by atoms with Gasteiger partial charge >= 0.3 is 0 Å². The van der Waals surface area contributed by atoms with Gasteiger partial charge in [0.15, 0.2) is 6.61 Å². The SMILES string of the molecule is Cc1ccc(C(C)NCc2cccc(OCC#N)c2)o1. The predicted octanol–water partition coefficient (Wildman–Crippen LogP) is 3.34. The van der Waals surface area contributed by atoms with E-state index in [-0.39, 0.29) is 12.6 Å². The molecule has 0 aliphatic carbocycles. The van der Waals surface area contributed by atoms with E-state index < -0.39 is 0 Å². The fourth-order valence-electron chi connectivity index (χ4n) is 1.92. The molecule has 104 valence electrons. The number of ether oxygens (including phenoxy) is 1. The van der Waals surface area contributed by atoms with Gasteiger partial charge in [-0.05, 0) is 43.7 Å². The average molecular weight is 270 g/mol. The van der Waals surface area contributed by atoms with E-state index in [0.717, 1.165) is 17.1 Å². The molecular formula is C16H18N2O2. The van der Waals surface area contributed by atoms with Gasteiger partial charge in [-0.25, -0.2) is 0 Å². The number of rotatable bonds is 6. The van der Waals surface area contributed by atoms with Gasteiger partial charge in [0, 0.05) is 6.54 Å². The van der Waals surface area contributed by atoms with Crippen molar-refractivity contribution < 1.29 is 9.15 Å². The summed E-state index contributed by atoms with van der Waals surface area (Å²) >= 11 is 0. The van der Waals surface area contributed by atoms with E-state index in [2.05, 4.69) is 12.2 Å². The van der Waals surface area contributed by atoms with Gasteiger partial charge in [-0.2, -0.15) is 5.26 Å². The number of furan rings is 1. The highest BCUT2D eigenvalue weighted by atomic mass is 16.5. The van der Waals surface area contributed by atoms with E-state index in [9.17, 15) is 0 Å². The van der Waals surface area contributed by atoms with Crippen molar-refractivity contribution in [3.05, 3.63) is 53.5 Å². The molecule has 1 atom stereocenters. The average Bonchev–Trinajstić information content (AvgIpc) is 2.90. The van der Waals surface area contributed by atoms with Crippen molar-refractivity contribution in [1.82, 2.24) is 5.32 Å². The Hall–Kier alpha value is -2.25. The van der Waals surface area contributed by atoms with Crippen molar-refractivity contribution in [2.45, 2.75) is 26.4 Å². The van der Waals surface area contributed by atoms with Crippen LogP contribution in [0.4, 0.5) is 0 Å². The second-order valence-corrected chi connectivity index (χ2v) is 4.65. The van der Waals surface area contributed by atoms with Crippen LogP contribution in [0.5, 0.6) is 5.75 Å². The fraction of sp³-hybridized carbons (Fsp3) is 0.312. The molecule has 2 rings (SSSR count). The Morgan fingerprint density at radius 3 is 2.90 bits per heavy atom. The van der Waals surface area contributed by atoms with Crippen molar-refractivity contribution >= 4 is 0 Å². The second-order valence-electron chi connectivity index (χ2n) is 4.65. The van der Waals surface area contributed by atoms with Crippen molar-refractivity contribution in [2.75, 3.05) is 6.61 Å². The minimum Gasteiger partial charge on any atom is -0.479 e. The van der Waals surface area contributed by atoms with Crippen molar-refractivity contribution in [1.29, 1.82) is 5.26 Å². The summed E-state index contributed by atoms with van der Waals surface area (Å²) in [6.45, 7) is 4.78. The van der Waals surface area contributed by atoms with Crippen LogP contribution in [-0.4, -0.2) is 6.61 Å². The van der Waals surface area contributed by atoms with Crippen LogP contribution >= 0.6 is 0 Å². The van der Waals surface area contributed by atoms with Gasteiger partial charge in [-0.1, -0.05) is 12.1 Å². The Balaban J connectivity index is 1.92. The molecule has 0 bridgehead atoms. The zero-order chi connectivity index (χ0) is 14.4. The summed E-state index contributed by atoms with van der Waals surface area (Å²) in [5.74, 6) is 2.56. The molecule has 0 spiro atoms. The van der Waals surface area contributed by atoms with Gasteiger partial charge in [0.1, 0.15) is 23.3 Å². The number of hydrogen-bond acceptors (Lipinski definition) is 4. The van der Waals surface area contributed by atoms with E-state index in [0.29, 0.717) is 12.3 Å². The first-order valence-electron chi connectivity index (χ1n) is 6.57. The molecule has 2 aromatic rings. The summed E-state index contributed by atoms with van der Waals surface area (Å²) in [5.41, 5.74) is 1.11. The van der Waals surface area contributed by atoms with Gasteiger partial charge < -0.3 is 14.5 Å². The molecule has 4 nitrogen and oxygen atoms in total. The zero-order valence-electron chi connectivity index (χ0n) is 11.7. The summed E-state index contributed by atoms with van der Waals surface area (Å²) < 4.78 is 10.9. The molecule has 20 heavy (non-hydrogen) atoms. The van der Waals surface area contributed by atoms with E-state index in [1.54, 1.807) is 0 Å². The Bertz CT molecular complexity index is 599. The van der Waals surface area contributed by atoms with Crippen LogP contribution in [0, 0.1) is 18.3 Å². The maximum atomic E-state index is 8.50. The number of benzene rings is 1. The summed E-state index contributed by atoms with van der Waals surface area (Å²) in [7, 11) is 0.